The molecule has 0 aliphatic heterocycles. The van der Waals surface area contributed by atoms with Crippen molar-refractivity contribution in [1.82, 2.24) is 0 Å². The number of rotatable bonds is 7. The molecule has 4 nitrogen and oxygen atoms in total. The molecule has 1 N–H and O–H groups in total. The molecule has 1 aromatic carbocycles. The van der Waals surface area contributed by atoms with Gasteiger partial charge in [-0.25, -0.2) is 0 Å². The van der Waals surface area contributed by atoms with Crippen LogP contribution in [0.3, 0.4) is 0 Å². The summed E-state index contributed by atoms with van der Waals surface area (Å²) in [6.45, 7) is 4.00. The first-order chi connectivity index (χ1) is 9.99. The summed E-state index contributed by atoms with van der Waals surface area (Å²) in [6, 6.07) is 9.90. The number of benzene rings is 1. The second kappa shape index (κ2) is 7.68. The summed E-state index contributed by atoms with van der Waals surface area (Å²) >= 11 is 0. The fourth-order valence-corrected chi connectivity index (χ4v) is 2.48. The summed E-state index contributed by atoms with van der Waals surface area (Å²) in [6.07, 6.45) is 2.82. The van der Waals surface area contributed by atoms with Crippen LogP contribution in [-0.2, 0) is 4.79 Å². The van der Waals surface area contributed by atoms with E-state index < -0.39 is 5.41 Å². The van der Waals surface area contributed by atoms with Crippen LogP contribution in [0.2, 0.25) is 0 Å². The topological polar surface area (TPSA) is 56.1 Å². The Morgan fingerprint density at radius 3 is 2.38 bits per heavy atom. The summed E-state index contributed by atoms with van der Waals surface area (Å²) in [5.41, 5.74) is 0.830. The van der Waals surface area contributed by atoms with E-state index in [1.54, 1.807) is 0 Å². The third-order valence-corrected chi connectivity index (χ3v) is 3.62. The van der Waals surface area contributed by atoms with Gasteiger partial charge in [0.15, 0.2) is 0 Å². The Balaban J connectivity index is 2.96. The van der Waals surface area contributed by atoms with E-state index in [1.165, 1.54) is 0 Å². The maximum Gasteiger partial charge on any atom is 0.244 e. The summed E-state index contributed by atoms with van der Waals surface area (Å²) < 4.78 is 0. The van der Waals surface area contributed by atoms with Crippen molar-refractivity contribution >= 4 is 17.3 Å². The number of hydrogen-bond acceptors (Lipinski definition) is 3. The van der Waals surface area contributed by atoms with Gasteiger partial charge >= 0.3 is 0 Å². The van der Waals surface area contributed by atoms with Crippen LogP contribution in [0, 0.1) is 16.7 Å². The molecule has 0 saturated heterocycles. The van der Waals surface area contributed by atoms with Crippen LogP contribution in [0.25, 0.3) is 0 Å². The zero-order valence-corrected chi connectivity index (χ0v) is 13.4. The van der Waals surface area contributed by atoms with Crippen molar-refractivity contribution in [3.63, 3.8) is 0 Å². The molecular weight excluding hydrogens is 262 g/mol. The Hall–Kier alpha value is -2.02. The molecule has 0 bridgehead atoms. The van der Waals surface area contributed by atoms with Crippen molar-refractivity contribution in [2.45, 2.75) is 39.5 Å². The minimum Gasteiger partial charge on any atom is -0.378 e. The molecule has 0 fully saturated rings. The van der Waals surface area contributed by atoms with Crippen LogP contribution in [0.4, 0.5) is 11.4 Å². The molecule has 21 heavy (non-hydrogen) atoms. The molecule has 1 amide bonds. The molecule has 1 rings (SSSR count). The first kappa shape index (κ1) is 17.0. The van der Waals surface area contributed by atoms with Gasteiger partial charge in [0.1, 0.15) is 5.41 Å². The van der Waals surface area contributed by atoms with Gasteiger partial charge in [-0.3, -0.25) is 4.79 Å². The number of anilines is 2. The van der Waals surface area contributed by atoms with Gasteiger partial charge in [-0.15, -0.1) is 0 Å². The van der Waals surface area contributed by atoms with Crippen molar-refractivity contribution in [2.75, 3.05) is 24.3 Å². The number of nitrogens with one attached hydrogen (secondary N) is 1. The molecule has 4 heteroatoms. The molecular formula is C17H25N3O. The number of carbonyl (C=O) groups excluding carboxylic acids is 1. The predicted octanol–water partition coefficient (Wildman–Crippen LogP) is 3.80. The normalized spacial score (nSPS) is 10.8. The lowest BCUT2D eigenvalue weighted by Crippen LogP contribution is -2.35. The molecule has 0 atom stereocenters. The molecule has 0 radical (unpaired) electrons. The van der Waals surface area contributed by atoms with Crippen LogP contribution in [0.1, 0.15) is 39.5 Å². The van der Waals surface area contributed by atoms with E-state index in [1.807, 2.05) is 57.1 Å². The number of amides is 1. The SMILES string of the molecule is CCCC(C#N)(CCC)C(=O)Nc1cccc(N(C)C)c1. The predicted molar refractivity (Wildman–Crippen MR) is 87.3 cm³/mol. The van der Waals surface area contributed by atoms with Crippen molar-refractivity contribution in [3.8, 4) is 6.07 Å². The van der Waals surface area contributed by atoms with E-state index in [-0.39, 0.29) is 5.91 Å². The van der Waals surface area contributed by atoms with Crippen LogP contribution >= 0.6 is 0 Å². The van der Waals surface area contributed by atoms with Crippen LogP contribution in [0.15, 0.2) is 24.3 Å². The van der Waals surface area contributed by atoms with Gasteiger partial charge in [-0.2, -0.15) is 5.26 Å². The van der Waals surface area contributed by atoms with Gasteiger partial charge in [-0.1, -0.05) is 32.8 Å². The zero-order chi connectivity index (χ0) is 15.9. The summed E-state index contributed by atoms with van der Waals surface area (Å²) in [5.74, 6) is -0.190. The third kappa shape index (κ3) is 4.22. The molecule has 0 aliphatic carbocycles. The van der Waals surface area contributed by atoms with Crippen molar-refractivity contribution in [3.05, 3.63) is 24.3 Å². The highest BCUT2D eigenvalue weighted by Crippen LogP contribution is 2.31. The Bertz CT molecular complexity index is 511. The van der Waals surface area contributed by atoms with E-state index in [0.717, 1.165) is 24.2 Å². The van der Waals surface area contributed by atoms with Crippen LogP contribution < -0.4 is 10.2 Å². The van der Waals surface area contributed by atoms with Crippen molar-refractivity contribution < 1.29 is 4.79 Å². The average Bonchev–Trinajstić information content (AvgIpc) is 2.47. The summed E-state index contributed by atoms with van der Waals surface area (Å²) in [5, 5.41) is 12.4. The lowest BCUT2D eigenvalue weighted by atomic mass is 9.79. The van der Waals surface area contributed by atoms with E-state index in [2.05, 4.69) is 11.4 Å². The number of nitrogens with zero attached hydrogens (tertiary/aromatic N) is 2. The highest BCUT2D eigenvalue weighted by atomic mass is 16.2. The fraction of sp³-hybridized carbons (Fsp3) is 0.529. The molecule has 0 aliphatic rings. The summed E-state index contributed by atoms with van der Waals surface area (Å²) in [4.78, 5) is 14.6. The van der Waals surface area contributed by atoms with Gasteiger partial charge in [0, 0.05) is 25.5 Å². The average molecular weight is 287 g/mol. The van der Waals surface area contributed by atoms with E-state index in [4.69, 9.17) is 0 Å². The van der Waals surface area contributed by atoms with Gasteiger partial charge in [0.2, 0.25) is 5.91 Å². The van der Waals surface area contributed by atoms with Crippen molar-refractivity contribution in [2.24, 2.45) is 5.41 Å². The Kier molecular flexibility index (Phi) is 6.23. The summed E-state index contributed by atoms with van der Waals surface area (Å²) in [7, 11) is 3.91. The number of hydrogen-bond donors (Lipinski definition) is 1. The standard InChI is InChI=1S/C17H25N3O/c1-5-10-17(13-18,11-6-2)16(21)19-14-8-7-9-15(12-14)20(3)4/h7-9,12H,5-6,10-11H2,1-4H3,(H,19,21). The first-order valence-corrected chi connectivity index (χ1v) is 7.49. The third-order valence-electron chi connectivity index (χ3n) is 3.62. The van der Waals surface area contributed by atoms with E-state index >= 15 is 0 Å². The largest absolute Gasteiger partial charge is 0.378 e. The van der Waals surface area contributed by atoms with E-state index in [9.17, 15) is 10.1 Å². The zero-order valence-electron chi connectivity index (χ0n) is 13.4. The smallest absolute Gasteiger partial charge is 0.244 e. The maximum absolute atomic E-state index is 12.6. The van der Waals surface area contributed by atoms with Gasteiger partial charge in [0.25, 0.3) is 0 Å². The van der Waals surface area contributed by atoms with Crippen molar-refractivity contribution in [1.29, 1.82) is 5.26 Å². The highest BCUT2D eigenvalue weighted by Gasteiger charge is 2.36. The fourth-order valence-electron chi connectivity index (χ4n) is 2.48. The Labute approximate surface area is 127 Å². The van der Waals surface area contributed by atoms with Gasteiger partial charge in [0.05, 0.1) is 6.07 Å². The lowest BCUT2D eigenvalue weighted by molar-refractivity contribution is -0.123. The number of nitriles is 1. The monoisotopic (exact) mass is 287 g/mol. The highest BCUT2D eigenvalue weighted by molar-refractivity contribution is 5.97. The molecule has 0 spiro atoms. The minimum atomic E-state index is -0.919. The van der Waals surface area contributed by atoms with Gasteiger partial charge in [-0.05, 0) is 31.0 Å². The second-order valence-electron chi connectivity index (χ2n) is 5.59. The maximum atomic E-state index is 12.6. The van der Waals surface area contributed by atoms with Crippen LogP contribution in [0.5, 0.6) is 0 Å². The van der Waals surface area contributed by atoms with Crippen LogP contribution in [-0.4, -0.2) is 20.0 Å². The Morgan fingerprint density at radius 2 is 1.90 bits per heavy atom. The molecule has 0 unspecified atom stereocenters. The second-order valence-corrected chi connectivity index (χ2v) is 5.59. The first-order valence-electron chi connectivity index (χ1n) is 7.49. The number of carbonyl (C=O) groups is 1. The molecule has 0 heterocycles. The molecule has 1 aromatic rings. The lowest BCUT2D eigenvalue weighted by Gasteiger charge is -2.25. The molecule has 0 saturated carbocycles. The molecule has 0 aromatic heterocycles. The Morgan fingerprint density at radius 1 is 1.29 bits per heavy atom. The minimum absolute atomic E-state index is 0.190. The molecule has 114 valence electrons. The van der Waals surface area contributed by atoms with Gasteiger partial charge < -0.3 is 10.2 Å². The van der Waals surface area contributed by atoms with E-state index in [0.29, 0.717) is 12.8 Å². The quantitative estimate of drug-likeness (QED) is 0.829.